The molecule has 0 saturated carbocycles. The molecule has 3 N–H and O–H groups in total. The predicted molar refractivity (Wildman–Crippen MR) is 128 cm³/mol. The molecule has 0 unspecified atom stereocenters. The van der Waals surface area contributed by atoms with Crippen molar-refractivity contribution in [3.63, 3.8) is 0 Å². The van der Waals surface area contributed by atoms with Crippen molar-refractivity contribution in [1.82, 2.24) is 9.99 Å². The molecule has 9 heteroatoms. The summed E-state index contributed by atoms with van der Waals surface area (Å²) >= 11 is 1.06. The lowest BCUT2D eigenvalue weighted by Crippen LogP contribution is -2.24. The van der Waals surface area contributed by atoms with Gasteiger partial charge in [-0.3, -0.25) is 9.36 Å². The third kappa shape index (κ3) is 4.69. The highest BCUT2D eigenvalue weighted by Gasteiger charge is 2.23. The minimum absolute atomic E-state index is 0.138. The van der Waals surface area contributed by atoms with E-state index >= 15 is 0 Å². The summed E-state index contributed by atoms with van der Waals surface area (Å²) in [5, 5.41) is 23.9. The number of ether oxygens (including phenoxy) is 1. The first-order valence-corrected chi connectivity index (χ1v) is 11.2. The van der Waals surface area contributed by atoms with Gasteiger partial charge < -0.3 is 14.9 Å². The van der Waals surface area contributed by atoms with Crippen LogP contribution in [0.3, 0.4) is 0 Å². The highest BCUT2D eigenvalue weighted by Crippen LogP contribution is 2.29. The van der Waals surface area contributed by atoms with Crippen molar-refractivity contribution in [2.75, 3.05) is 6.61 Å². The summed E-state index contributed by atoms with van der Waals surface area (Å²) in [6, 6.07) is 22.3. The fraction of sp³-hybridized carbons (Fsp3) is 0.0800. The normalized spacial score (nSPS) is 11.3. The van der Waals surface area contributed by atoms with Crippen LogP contribution in [0.2, 0.25) is 0 Å². The van der Waals surface area contributed by atoms with E-state index in [2.05, 4.69) is 10.5 Å². The maximum atomic E-state index is 12.9. The number of nitrogens with zero attached hydrogens (tertiary/aromatic N) is 2. The Labute approximate surface area is 199 Å². The second-order valence-electron chi connectivity index (χ2n) is 7.07. The van der Waals surface area contributed by atoms with E-state index in [0.29, 0.717) is 15.4 Å². The first-order valence-electron chi connectivity index (χ1n) is 10.4. The number of esters is 1. The largest absolute Gasteiger partial charge is 0.508 e. The van der Waals surface area contributed by atoms with Crippen molar-refractivity contribution in [3.8, 4) is 28.4 Å². The van der Waals surface area contributed by atoms with Gasteiger partial charge in [-0.1, -0.05) is 59.9 Å². The van der Waals surface area contributed by atoms with Crippen LogP contribution in [0.4, 0.5) is 0 Å². The zero-order chi connectivity index (χ0) is 24.1. The van der Waals surface area contributed by atoms with Crippen molar-refractivity contribution in [2.24, 2.45) is 5.10 Å². The molecule has 172 valence electrons. The average molecular weight is 476 g/mol. The smallest absolute Gasteiger partial charge is 0.350 e. The monoisotopic (exact) mass is 475 g/mol. The molecule has 4 rings (SSSR count). The van der Waals surface area contributed by atoms with Crippen LogP contribution in [0, 0.1) is 0 Å². The Morgan fingerprint density at radius 1 is 1.00 bits per heavy atom. The van der Waals surface area contributed by atoms with Gasteiger partial charge in [0.1, 0.15) is 16.4 Å². The zero-order valence-corrected chi connectivity index (χ0v) is 19.0. The Morgan fingerprint density at radius 3 is 2.35 bits per heavy atom. The lowest BCUT2D eigenvalue weighted by atomic mass is 10.1. The third-order valence-electron chi connectivity index (χ3n) is 4.82. The topological polar surface area (TPSA) is 113 Å². The van der Waals surface area contributed by atoms with Gasteiger partial charge in [-0.15, -0.1) is 5.10 Å². The van der Waals surface area contributed by atoms with Gasteiger partial charge in [0, 0.05) is 11.3 Å². The summed E-state index contributed by atoms with van der Waals surface area (Å²) in [4.78, 5) is 26.2. The zero-order valence-electron chi connectivity index (χ0n) is 18.1. The number of carbonyl (C=O) groups excluding carboxylic acids is 2. The number of rotatable bonds is 6. The van der Waals surface area contributed by atoms with Crippen LogP contribution in [0.25, 0.3) is 16.9 Å². The van der Waals surface area contributed by atoms with Crippen LogP contribution in [-0.2, 0) is 4.74 Å². The molecule has 34 heavy (non-hydrogen) atoms. The fourth-order valence-corrected chi connectivity index (χ4v) is 4.34. The van der Waals surface area contributed by atoms with Crippen LogP contribution < -0.4 is 10.2 Å². The van der Waals surface area contributed by atoms with Crippen molar-refractivity contribution in [1.29, 1.82) is 0 Å². The van der Waals surface area contributed by atoms with Crippen LogP contribution in [0.15, 0.2) is 84.0 Å². The average Bonchev–Trinajstić information content (AvgIpc) is 3.25. The first-order chi connectivity index (χ1) is 16.5. The molecule has 3 aromatic carbocycles. The molecule has 0 fully saturated rings. The van der Waals surface area contributed by atoms with E-state index in [1.54, 1.807) is 11.5 Å². The maximum absolute atomic E-state index is 12.9. The number of hydrogen-bond donors (Lipinski definition) is 3. The maximum Gasteiger partial charge on any atom is 0.350 e. The Morgan fingerprint density at radius 2 is 1.68 bits per heavy atom. The van der Waals surface area contributed by atoms with E-state index < -0.39 is 11.9 Å². The summed E-state index contributed by atoms with van der Waals surface area (Å²) in [5.41, 5.74) is 4.33. The molecule has 0 aliphatic rings. The highest BCUT2D eigenvalue weighted by atomic mass is 32.1. The first kappa shape index (κ1) is 22.8. The molecule has 0 radical (unpaired) electrons. The second-order valence-corrected chi connectivity index (χ2v) is 8.05. The van der Waals surface area contributed by atoms with Gasteiger partial charge in [0.2, 0.25) is 4.80 Å². The number of phenols is 2. The minimum Gasteiger partial charge on any atom is -0.508 e. The van der Waals surface area contributed by atoms with Crippen molar-refractivity contribution < 1.29 is 24.5 Å². The number of phenolic OH excluding ortho intramolecular Hbond substituents is 2. The Hall–Kier alpha value is -4.37. The lowest BCUT2D eigenvalue weighted by Gasteiger charge is -2.11. The molecule has 1 amide bonds. The molecule has 0 saturated heterocycles. The number of aromatic nitrogens is 1. The molecule has 0 aliphatic carbocycles. The van der Waals surface area contributed by atoms with Crippen LogP contribution in [0.5, 0.6) is 11.5 Å². The number of hydrogen-bond acceptors (Lipinski definition) is 7. The van der Waals surface area contributed by atoms with Crippen molar-refractivity contribution >= 4 is 23.2 Å². The van der Waals surface area contributed by atoms with Gasteiger partial charge in [-0.25, -0.2) is 10.2 Å². The van der Waals surface area contributed by atoms with Crippen molar-refractivity contribution in [2.45, 2.75) is 6.92 Å². The molecule has 1 aromatic heterocycles. The number of para-hydroxylation sites is 1. The molecule has 0 bridgehead atoms. The predicted octanol–water partition coefficient (Wildman–Crippen LogP) is 4.04. The van der Waals surface area contributed by atoms with Gasteiger partial charge >= 0.3 is 5.97 Å². The Balaban J connectivity index is 1.90. The molecule has 4 aromatic rings. The molecule has 1 heterocycles. The summed E-state index contributed by atoms with van der Waals surface area (Å²) in [5.74, 6) is -1.70. The molecular formula is C25H21N3O5S. The quantitative estimate of drug-likeness (QED) is 0.221. The summed E-state index contributed by atoms with van der Waals surface area (Å²) < 4.78 is 7.05. The van der Waals surface area contributed by atoms with E-state index in [4.69, 9.17) is 4.74 Å². The van der Waals surface area contributed by atoms with Crippen molar-refractivity contribution in [3.05, 3.63) is 94.1 Å². The van der Waals surface area contributed by atoms with Crippen LogP contribution in [-0.4, -0.2) is 33.3 Å². The Kier molecular flexibility index (Phi) is 6.74. The van der Waals surface area contributed by atoms with Gasteiger partial charge in [-0.2, -0.15) is 0 Å². The molecule has 0 atom stereocenters. The number of amides is 1. The van der Waals surface area contributed by atoms with Gasteiger partial charge in [0.05, 0.1) is 17.9 Å². The number of aromatic hydroxyl groups is 2. The van der Waals surface area contributed by atoms with Gasteiger partial charge in [0.25, 0.3) is 5.91 Å². The second kappa shape index (κ2) is 10.1. The third-order valence-corrected chi connectivity index (χ3v) is 5.84. The van der Waals surface area contributed by atoms with E-state index in [-0.39, 0.29) is 23.7 Å². The molecule has 8 nitrogen and oxygen atoms in total. The minimum atomic E-state index is -0.722. The SMILES string of the molecule is CCOC(=O)c1s/c(=N/NC(=O)c2cc(O)ccc2O)n(-c2ccccc2)c1-c1ccccc1. The lowest BCUT2D eigenvalue weighted by molar-refractivity contribution is 0.0532. The molecule has 0 spiro atoms. The van der Waals surface area contributed by atoms with Crippen LogP contribution in [0.1, 0.15) is 27.0 Å². The van der Waals surface area contributed by atoms with E-state index in [9.17, 15) is 19.8 Å². The summed E-state index contributed by atoms with van der Waals surface area (Å²) in [7, 11) is 0. The van der Waals surface area contributed by atoms with Gasteiger partial charge in [0.15, 0.2) is 0 Å². The Bertz CT molecular complexity index is 1400. The van der Waals surface area contributed by atoms with E-state index in [0.717, 1.165) is 28.7 Å². The summed E-state index contributed by atoms with van der Waals surface area (Å²) in [6.07, 6.45) is 0. The number of thiazole rings is 1. The number of benzene rings is 3. The van der Waals surface area contributed by atoms with E-state index in [1.165, 1.54) is 12.1 Å². The van der Waals surface area contributed by atoms with E-state index in [1.807, 2.05) is 60.7 Å². The summed E-state index contributed by atoms with van der Waals surface area (Å²) in [6.45, 7) is 1.93. The fourth-order valence-electron chi connectivity index (χ4n) is 3.33. The molecule has 0 aliphatic heterocycles. The highest BCUT2D eigenvalue weighted by molar-refractivity contribution is 7.11. The number of nitrogens with one attached hydrogen (secondary N) is 1. The van der Waals surface area contributed by atoms with Gasteiger partial charge in [-0.05, 0) is 37.3 Å². The molecular weight excluding hydrogens is 454 g/mol. The van der Waals surface area contributed by atoms with Crippen LogP contribution >= 0.6 is 11.3 Å². The number of carbonyl (C=O) groups is 2. The standard InChI is InChI=1S/C25H21N3O5S/c1-2-33-24(32)22-21(16-9-5-3-6-10-16)28(17-11-7-4-8-12-17)25(34-22)27-26-23(31)19-15-18(29)13-14-20(19)30/h3-15,29-30H,2H2,1H3,(H,26,31)/b27-25+.